The van der Waals surface area contributed by atoms with Gasteiger partial charge >= 0.3 is 5.95 Å². The number of H-pyrrole nitrogens is 1. The second-order valence-corrected chi connectivity index (χ2v) is 7.48. The zero-order chi connectivity index (χ0) is 21.6. The molecule has 8 nitrogen and oxygen atoms in total. The molecule has 0 saturated carbocycles. The number of hydrogen-bond acceptors (Lipinski definition) is 6. The Bertz CT molecular complexity index is 989. The molecule has 0 radical (unpaired) electrons. The molecule has 0 spiro atoms. The fourth-order valence-corrected chi connectivity index (χ4v) is 3.99. The van der Waals surface area contributed by atoms with E-state index in [4.69, 9.17) is 18.9 Å². The van der Waals surface area contributed by atoms with E-state index in [1.54, 1.807) is 21.3 Å². The summed E-state index contributed by atoms with van der Waals surface area (Å²) in [4.78, 5) is 5.97. The minimum Gasteiger partial charge on any atom is -0.493 e. The zero-order valence-corrected chi connectivity index (χ0v) is 18.4. The lowest BCUT2D eigenvalue weighted by Gasteiger charge is -2.26. The van der Waals surface area contributed by atoms with Gasteiger partial charge in [-0.1, -0.05) is 12.1 Å². The van der Waals surface area contributed by atoms with Crippen LogP contribution in [-0.4, -0.2) is 64.1 Å². The molecule has 1 aliphatic heterocycles. The van der Waals surface area contributed by atoms with Crippen LogP contribution in [0.25, 0.3) is 11.0 Å². The van der Waals surface area contributed by atoms with Gasteiger partial charge in [0.2, 0.25) is 5.75 Å². The largest absolute Gasteiger partial charge is 0.493 e. The summed E-state index contributed by atoms with van der Waals surface area (Å²) < 4.78 is 24.2. The molecule has 0 unspecified atom stereocenters. The molecule has 3 aromatic rings. The Morgan fingerprint density at radius 1 is 1.03 bits per heavy atom. The van der Waals surface area contributed by atoms with Gasteiger partial charge in [0, 0.05) is 19.6 Å². The van der Waals surface area contributed by atoms with E-state index in [0.717, 1.165) is 56.4 Å². The van der Waals surface area contributed by atoms with E-state index >= 15 is 0 Å². The normalized spacial score (nSPS) is 14.5. The van der Waals surface area contributed by atoms with Crippen molar-refractivity contribution >= 4 is 17.0 Å². The molecular formula is C23H31N4O4+. The Hall–Kier alpha value is -2.97. The van der Waals surface area contributed by atoms with E-state index in [9.17, 15) is 0 Å². The Kier molecular flexibility index (Phi) is 6.79. The number of ether oxygens (including phenoxy) is 4. The third kappa shape index (κ3) is 4.70. The number of anilines is 1. The van der Waals surface area contributed by atoms with Crippen molar-refractivity contribution < 1.29 is 23.5 Å². The first kappa shape index (κ1) is 21.3. The van der Waals surface area contributed by atoms with E-state index in [0.29, 0.717) is 23.8 Å². The molecule has 1 fully saturated rings. The summed E-state index contributed by atoms with van der Waals surface area (Å²) in [6.07, 6.45) is 0. The number of aromatic amines is 1. The van der Waals surface area contributed by atoms with Gasteiger partial charge < -0.3 is 18.9 Å². The van der Waals surface area contributed by atoms with Gasteiger partial charge in [-0.2, -0.15) is 0 Å². The predicted octanol–water partition coefficient (Wildman–Crippen LogP) is 2.43. The first-order valence-electron chi connectivity index (χ1n) is 10.6. The van der Waals surface area contributed by atoms with Crippen LogP contribution in [0.3, 0.4) is 0 Å². The minimum atomic E-state index is 0.597. The van der Waals surface area contributed by atoms with Crippen LogP contribution in [0, 0.1) is 0 Å². The highest BCUT2D eigenvalue weighted by Gasteiger charge is 2.20. The fourth-order valence-electron chi connectivity index (χ4n) is 3.99. The average Bonchev–Trinajstić information content (AvgIpc) is 3.18. The second kappa shape index (κ2) is 9.89. The topological polar surface area (TPSA) is 71.9 Å². The lowest BCUT2D eigenvalue weighted by molar-refractivity contribution is -0.656. The van der Waals surface area contributed by atoms with Crippen molar-refractivity contribution in [3.05, 3.63) is 42.0 Å². The van der Waals surface area contributed by atoms with Crippen molar-refractivity contribution in [2.45, 2.75) is 13.1 Å². The molecule has 1 aromatic heterocycles. The number of aromatic nitrogens is 2. The Labute approximate surface area is 182 Å². The highest BCUT2D eigenvalue weighted by atomic mass is 16.5. The number of morpholine rings is 1. The minimum absolute atomic E-state index is 0.597. The van der Waals surface area contributed by atoms with Gasteiger partial charge in [-0.3, -0.25) is 10.2 Å². The van der Waals surface area contributed by atoms with Gasteiger partial charge in [-0.15, -0.1) is 0 Å². The van der Waals surface area contributed by atoms with E-state index in [2.05, 4.69) is 38.0 Å². The predicted molar refractivity (Wildman–Crippen MR) is 119 cm³/mol. The molecule has 0 bridgehead atoms. The number of rotatable bonds is 9. The van der Waals surface area contributed by atoms with Crippen LogP contribution in [0.15, 0.2) is 36.4 Å². The Morgan fingerprint density at radius 3 is 2.42 bits per heavy atom. The van der Waals surface area contributed by atoms with Gasteiger partial charge in [0.1, 0.15) is 11.0 Å². The van der Waals surface area contributed by atoms with Crippen molar-refractivity contribution in [1.29, 1.82) is 0 Å². The van der Waals surface area contributed by atoms with Gasteiger partial charge in [0.25, 0.3) is 0 Å². The maximum absolute atomic E-state index is 5.49. The van der Waals surface area contributed by atoms with Crippen LogP contribution in [0.1, 0.15) is 5.56 Å². The first-order chi connectivity index (χ1) is 15.2. The maximum atomic E-state index is 5.49. The molecular weight excluding hydrogens is 396 g/mol. The molecule has 2 N–H and O–H groups in total. The summed E-state index contributed by atoms with van der Waals surface area (Å²) in [7, 11) is 4.87. The van der Waals surface area contributed by atoms with Crippen molar-refractivity contribution in [1.82, 2.24) is 9.88 Å². The van der Waals surface area contributed by atoms with Crippen LogP contribution in [0.4, 0.5) is 5.95 Å². The van der Waals surface area contributed by atoms with Crippen molar-refractivity contribution in [2.24, 2.45) is 0 Å². The molecule has 2 heterocycles. The molecule has 2 aromatic carbocycles. The standard InChI is InChI=1S/C23H30N4O4/c1-28-20-14-17(15-21(29-2)22(20)30-3)16-24-23-25-18-6-4-5-7-19(18)27(23)9-8-26-10-12-31-13-11-26/h4-7,14-15H,8-13,16H2,1-3H3,(H,24,25)/p+1. The smallest absolute Gasteiger partial charge is 0.356 e. The van der Waals surface area contributed by atoms with Crippen LogP contribution in [0.5, 0.6) is 17.2 Å². The van der Waals surface area contributed by atoms with Crippen LogP contribution in [0.2, 0.25) is 0 Å². The average molecular weight is 428 g/mol. The van der Waals surface area contributed by atoms with E-state index in [1.165, 1.54) is 5.52 Å². The number of methoxy groups -OCH3 is 3. The third-order valence-electron chi connectivity index (χ3n) is 5.65. The number of fused-ring (bicyclic) bond motifs is 1. The summed E-state index contributed by atoms with van der Waals surface area (Å²) in [6, 6.07) is 12.3. The third-order valence-corrected chi connectivity index (χ3v) is 5.65. The monoisotopic (exact) mass is 427 g/mol. The summed E-state index contributed by atoms with van der Waals surface area (Å²) in [5.74, 6) is 2.87. The molecule has 0 aliphatic carbocycles. The number of imidazole rings is 1. The van der Waals surface area contributed by atoms with E-state index in [1.807, 2.05) is 18.2 Å². The Balaban J connectivity index is 1.55. The lowest BCUT2D eigenvalue weighted by atomic mass is 10.2. The molecule has 4 rings (SSSR count). The van der Waals surface area contributed by atoms with Gasteiger partial charge in [-0.25, -0.2) is 9.55 Å². The van der Waals surface area contributed by atoms with Crippen LogP contribution >= 0.6 is 0 Å². The quantitative estimate of drug-likeness (QED) is 0.511. The van der Waals surface area contributed by atoms with Gasteiger partial charge in [0.15, 0.2) is 11.5 Å². The number of para-hydroxylation sites is 2. The molecule has 166 valence electrons. The molecule has 0 atom stereocenters. The van der Waals surface area contributed by atoms with Gasteiger partial charge in [0.05, 0.1) is 47.6 Å². The maximum Gasteiger partial charge on any atom is 0.356 e. The lowest BCUT2D eigenvalue weighted by Crippen LogP contribution is -2.45. The number of hydrogen-bond donors (Lipinski definition) is 2. The number of nitrogens with one attached hydrogen (secondary N) is 2. The molecule has 1 aliphatic rings. The summed E-state index contributed by atoms with van der Waals surface area (Å²) in [5, 5.41) is 3.56. The van der Waals surface area contributed by atoms with Crippen LogP contribution < -0.4 is 24.1 Å². The van der Waals surface area contributed by atoms with Crippen molar-refractivity contribution in [3.63, 3.8) is 0 Å². The second-order valence-electron chi connectivity index (χ2n) is 7.48. The molecule has 0 amide bonds. The van der Waals surface area contributed by atoms with E-state index < -0.39 is 0 Å². The fraction of sp³-hybridized carbons (Fsp3) is 0.435. The Morgan fingerprint density at radius 2 is 1.74 bits per heavy atom. The highest BCUT2D eigenvalue weighted by molar-refractivity contribution is 5.72. The zero-order valence-electron chi connectivity index (χ0n) is 18.4. The summed E-state index contributed by atoms with van der Waals surface area (Å²) >= 11 is 0. The highest BCUT2D eigenvalue weighted by Crippen LogP contribution is 2.38. The number of benzene rings is 2. The van der Waals surface area contributed by atoms with Crippen molar-refractivity contribution in [2.75, 3.05) is 59.5 Å². The first-order valence-corrected chi connectivity index (χ1v) is 10.6. The molecule has 1 saturated heterocycles. The molecule has 8 heteroatoms. The van der Waals surface area contributed by atoms with Gasteiger partial charge in [-0.05, 0) is 29.8 Å². The SMILES string of the molecule is COc1cc(CNc2[nH]c3ccccc3[n+]2CCN2CCOCC2)cc(OC)c1OC. The van der Waals surface area contributed by atoms with E-state index in [-0.39, 0.29) is 0 Å². The molecule has 31 heavy (non-hydrogen) atoms. The number of nitrogens with zero attached hydrogens (tertiary/aromatic N) is 2. The van der Waals surface area contributed by atoms with Crippen LogP contribution in [-0.2, 0) is 17.8 Å². The summed E-state index contributed by atoms with van der Waals surface area (Å²) in [6.45, 7) is 6.07. The summed E-state index contributed by atoms with van der Waals surface area (Å²) in [5.41, 5.74) is 3.33. The van der Waals surface area contributed by atoms with Crippen molar-refractivity contribution in [3.8, 4) is 17.2 Å².